The monoisotopic (exact) mass is 626 g/mol. The van der Waals surface area contributed by atoms with E-state index in [-0.39, 0.29) is 33.6 Å². The van der Waals surface area contributed by atoms with Gasteiger partial charge in [-0.1, -0.05) is 72.3 Å². The summed E-state index contributed by atoms with van der Waals surface area (Å²) in [6, 6.07) is 11.8. The van der Waals surface area contributed by atoms with E-state index >= 15 is 0 Å². The normalized spacial score (nSPS) is 19.5. The molecule has 3 aliphatic heterocycles. The summed E-state index contributed by atoms with van der Waals surface area (Å²) in [5.74, 6) is 0. The van der Waals surface area contributed by atoms with E-state index < -0.39 is 5.09 Å². The van der Waals surface area contributed by atoms with E-state index in [1.54, 1.807) is 6.07 Å². The van der Waals surface area contributed by atoms with Crippen LogP contribution in [0.5, 0.6) is 0 Å². The molecule has 1 aromatic heterocycles. The topological polar surface area (TPSA) is 116 Å². The Morgan fingerprint density at radius 1 is 0.703 bits per heavy atom. The van der Waals surface area contributed by atoms with Crippen LogP contribution in [0.25, 0.3) is 45.1 Å². The number of halogens is 4. The average Bonchev–Trinajstić information content (AvgIpc) is 2.84. The molecule has 8 nitrogen and oxygen atoms in total. The number of hydrogen-bond acceptors (Lipinski definition) is 2. The van der Waals surface area contributed by atoms with E-state index in [9.17, 15) is 0 Å². The second-order valence-electron chi connectivity index (χ2n) is 7.49. The zero-order chi connectivity index (χ0) is 25.8. The Morgan fingerprint density at radius 2 is 1.08 bits per heavy atom. The van der Waals surface area contributed by atoms with Crippen molar-refractivity contribution in [2.24, 2.45) is 0 Å². The molecule has 0 saturated carbocycles. The van der Waals surface area contributed by atoms with Crippen LogP contribution in [-0.2, 0) is 17.1 Å². The molecule has 0 bridgehead atoms. The standard InChI is InChI=1S/C12H8Cl2N2.C12H7Cl2N2.Cu.H2NO3/c2*13-9-5-3-7-1-2-8-4-6-10(14)16-12(8)11(7)15-9;;2-1(3)4/h1-6,9-10H;1-6,9H;;(H2,2,3,4)/q-2;-1;2*+1. The maximum atomic E-state index is 8.47. The largest absolute Gasteiger partial charge is 1.00 e. The molecular formula is C24H17Cl4CuN5O3-. The van der Waals surface area contributed by atoms with Crippen LogP contribution >= 0.6 is 46.4 Å². The third kappa shape index (κ3) is 7.23. The Hall–Kier alpha value is -2.65. The van der Waals surface area contributed by atoms with Crippen molar-refractivity contribution in [3.05, 3.63) is 97.3 Å². The molecule has 2 aromatic carbocycles. The van der Waals surface area contributed by atoms with E-state index in [2.05, 4.69) is 20.9 Å². The van der Waals surface area contributed by atoms with Gasteiger partial charge in [-0.3, -0.25) is 0 Å². The molecule has 2 N–H and O–H groups in total. The fourth-order valence-corrected chi connectivity index (χ4v) is 4.29. The second kappa shape index (κ2) is 12.7. The van der Waals surface area contributed by atoms with Crippen molar-refractivity contribution in [1.82, 2.24) is 4.98 Å². The molecule has 4 heterocycles. The number of aromatic nitrogens is 1. The van der Waals surface area contributed by atoms with Crippen molar-refractivity contribution in [2.45, 2.75) is 16.5 Å². The van der Waals surface area contributed by atoms with Crippen LogP contribution in [0.3, 0.4) is 0 Å². The van der Waals surface area contributed by atoms with E-state index in [4.69, 9.17) is 61.7 Å². The third-order valence-corrected chi connectivity index (χ3v) is 6.05. The number of alkyl halides is 3. The molecular weight excluding hydrogens is 612 g/mol. The summed E-state index contributed by atoms with van der Waals surface area (Å²) in [5, 5.41) is 27.2. The van der Waals surface area contributed by atoms with E-state index in [1.807, 2.05) is 66.8 Å². The zero-order valence-corrected chi connectivity index (χ0v) is 22.5. The van der Waals surface area contributed by atoms with Crippen molar-refractivity contribution in [2.75, 3.05) is 0 Å². The summed E-state index contributed by atoms with van der Waals surface area (Å²) >= 11 is 23.8. The summed E-state index contributed by atoms with van der Waals surface area (Å²) in [4.78, 5) is 12.8. The predicted molar refractivity (Wildman–Crippen MR) is 145 cm³/mol. The number of fused-ring (bicyclic) bond motifs is 6. The molecule has 0 amide bonds. The molecule has 0 fully saturated rings. The molecule has 0 aliphatic carbocycles. The molecule has 13 heteroatoms. The van der Waals surface area contributed by atoms with Crippen LogP contribution in [0.1, 0.15) is 16.7 Å². The number of rotatable bonds is 0. The van der Waals surface area contributed by atoms with Gasteiger partial charge in [0.15, 0.2) is 0 Å². The van der Waals surface area contributed by atoms with Crippen LogP contribution < -0.4 is 0 Å². The molecule has 0 saturated heterocycles. The van der Waals surface area contributed by atoms with E-state index in [0.717, 1.165) is 44.7 Å². The van der Waals surface area contributed by atoms with Gasteiger partial charge >= 0.3 is 22.2 Å². The maximum absolute atomic E-state index is 8.47. The molecule has 0 radical (unpaired) electrons. The summed E-state index contributed by atoms with van der Waals surface area (Å²) in [7, 11) is 0. The first-order valence-corrected chi connectivity index (χ1v) is 12.1. The maximum Gasteiger partial charge on any atom is 1.00 e. The minimum atomic E-state index is -1.25. The molecule has 6 rings (SSSR count). The van der Waals surface area contributed by atoms with Crippen molar-refractivity contribution in [1.29, 1.82) is 0 Å². The Morgan fingerprint density at radius 3 is 1.57 bits per heavy atom. The first-order valence-electron chi connectivity index (χ1n) is 10.4. The average molecular weight is 629 g/mol. The fraction of sp³-hybridized carbons (Fsp3) is 0.125. The van der Waals surface area contributed by atoms with Crippen molar-refractivity contribution < 1.29 is 32.6 Å². The van der Waals surface area contributed by atoms with Crippen molar-refractivity contribution in [3.8, 4) is 0 Å². The van der Waals surface area contributed by atoms with Crippen LogP contribution in [-0.4, -0.2) is 37.0 Å². The Labute approximate surface area is 242 Å². The summed E-state index contributed by atoms with van der Waals surface area (Å²) in [6.07, 6.45) is 11.5. The summed E-state index contributed by atoms with van der Waals surface area (Å²) in [5.41, 5.74) is 5.48. The van der Waals surface area contributed by atoms with Gasteiger partial charge in [0.1, 0.15) is 10.1 Å². The summed E-state index contributed by atoms with van der Waals surface area (Å²) in [6.45, 7) is 0. The van der Waals surface area contributed by atoms with Gasteiger partial charge in [0.2, 0.25) is 0 Å². The minimum Gasteiger partial charge on any atom is -0.667 e. The van der Waals surface area contributed by atoms with Crippen LogP contribution in [0.2, 0.25) is 5.15 Å². The van der Waals surface area contributed by atoms with Gasteiger partial charge in [-0.25, -0.2) is 15.4 Å². The van der Waals surface area contributed by atoms with Crippen molar-refractivity contribution in [3.63, 3.8) is 0 Å². The van der Waals surface area contributed by atoms with Gasteiger partial charge < -0.3 is 16.0 Å². The molecule has 196 valence electrons. The second-order valence-corrected chi connectivity index (χ2v) is 9.21. The minimum absolute atomic E-state index is 0. The summed E-state index contributed by atoms with van der Waals surface area (Å²) < 4.78 is 0. The van der Waals surface area contributed by atoms with Gasteiger partial charge in [0, 0.05) is 0 Å². The molecule has 37 heavy (non-hydrogen) atoms. The number of hydrogen-bond donors (Lipinski definition) is 2. The van der Waals surface area contributed by atoms with Crippen molar-refractivity contribution >= 4 is 92.6 Å². The Kier molecular flexibility index (Phi) is 9.95. The smallest absolute Gasteiger partial charge is 0.667 e. The Balaban J connectivity index is 0.000000176. The molecule has 3 unspecified atom stereocenters. The first kappa shape index (κ1) is 28.9. The molecule has 3 aromatic rings. The third-order valence-electron chi connectivity index (χ3n) is 5.11. The first-order chi connectivity index (χ1) is 17.2. The quantitative estimate of drug-likeness (QED) is 0.0850. The predicted octanol–water partition coefficient (Wildman–Crippen LogP) is 8.91. The Bertz CT molecular complexity index is 1350. The van der Waals surface area contributed by atoms with Gasteiger partial charge in [0.25, 0.3) is 0 Å². The molecule has 3 atom stereocenters. The van der Waals surface area contributed by atoms with Crippen LogP contribution in [0.15, 0.2) is 54.6 Å². The number of benzene rings is 2. The van der Waals surface area contributed by atoms with E-state index in [0.29, 0.717) is 5.15 Å². The van der Waals surface area contributed by atoms with Gasteiger partial charge in [-0.2, -0.15) is 0 Å². The SMILES string of the molecule is ClC1C=Cc2ccc3c(c2[N-]1)[N-]C(Cl)C=C3.Clc1ccc2ccc3c(c2n1)[N-]C(Cl)C=C3.O=[N+](O)O.[Cu+]. The van der Waals surface area contributed by atoms with Gasteiger partial charge in [-0.15, -0.1) is 51.9 Å². The number of nitrogens with zero attached hydrogens (tertiary/aromatic N) is 5. The number of pyridine rings is 1. The van der Waals surface area contributed by atoms with E-state index in [1.165, 1.54) is 0 Å². The molecule has 3 aliphatic rings. The van der Waals surface area contributed by atoms with Gasteiger partial charge in [-0.05, 0) is 50.7 Å². The molecule has 0 spiro atoms. The van der Waals surface area contributed by atoms with Crippen LogP contribution in [0, 0.1) is 4.91 Å². The fourth-order valence-electron chi connectivity index (χ4n) is 3.64. The zero-order valence-electron chi connectivity index (χ0n) is 18.5. The van der Waals surface area contributed by atoms with Crippen LogP contribution in [0.4, 0.5) is 17.1 Å². The van der Waals surface area contributed by atoms with Gasteiger partial charge in [0.05, 0.1) is 5.52 Å².